The van der Waals surface area contributed by atoms with Crippen LogP contribution in [0, 0.1) is 5.92 Å². The van der Waals surface area contributed by atoms with Crippen LogP contribution in [-0.2, 0) is 21.4 Å². The lowest BCUT2D eigenvalue weighted by Crippen LogP contribution is -2.45. The predicted octanol–water partition coefficient (Wildman–Crippen LogP) is 2.14. The highest BCUT2D eigenvalue weighted by molar-refractivity contribution is 7.89. The lowest BCUT2D eigenvalue weighted by atomic mass is 9.99. The van der Waals surface area contributed by atoms with Crippen molar-refractivity contribution in [1.29, 1.82) is 0 Å². The summed E-state index contributed by atoms with van der Waals surface area (Å²) in [7, 11) is -3.23. The zero-order valence-corrected chi connectivity index (χ0v) is 14.5. The van der Waals surface area contributed by atoms with Crippen molar-refractivity contribution in [3.05, 3.63) is 35.9 Å². The minimum atomic E-state index is -3.23. The van der Waals surface area contributed by atoms with Crippen LogP contribution in [0.1, 0.15) is 38.2 Å². The lowest BCUT2D eigenvalue weighted by Gasteiger charge is -2.31. The molecule has 1 aliphatic rings. The fraction of sp³-hybridized carbons (Fsp3) is 0.588. The Morgan fingerprint density at radius 1 is 1.30 bits per heavy atom. The van der Waals surface area contributed by atoms with E-state index in [1.807, 2.05) is 37.3 Å². The predicted molar refractivity (Wildman–Crippen MR) is 91.3 cm³/mol. The van der Waals surface area contributed by atoms with Crippen LogP contribution >= 0.6 is 0 Å². The number of piperidine rings is 1. The molecule has 128 valence electrons. The van der Waals surface area contributed by atoms with Gasteiger partial charge in [0.2, 0.25) is 15.9 Å². The molecule has 0 unspecified atom stereocenters. The van der Waals surface area contributed by atoms with Gasteiger partial charge < -0.3 is 5.32 Å². The second-order valence-corrected chi connectivity index (χ2v) is 8.16. The van der Waals surface area contributed by atoms with Gasteiger partial charge in [0.25, 0.3) is 0 Å². The van der Waals surface area contributed by atoms with E-state index in [0.717, 1.165) is 24.8 Å². The molecule has 0 aliphatic carbocycles. The zero-order chi connectivity index (χ0) is 16.7. The first kappa shape index (κ1) is 17.9. The Kier molecular flexibility index (Phi) is 6.59. The van der Waals surface area contributed by atoms with E-state index in [-0.39, 0.29) is 17.6 Å². The van der Waals surface area contributed by atoms with Crippen molar-refractivity contribution < 1.29 is 13.2 Å². The molecule has 1 N–H and O–H groups in total. The third-order valence-corrected chi connectivity index (χ3v) is 6.14. The maximum absolute atomic E-state index is 12.3. The summed E-state index contributed by atoms with van der Waals surface area (Å²) in [5.74, 6) is -0.116. The maximum Gasteiger partial charge on any atom is 0.224 e. The quantitative estimate of drug-likeness (QED) is 0.828. The largest absolute Gasteiger partial charge is 0.352 e. The molecule has 0 bridgehead atoms. The van der Waals surface area contributed by atoms with Crippen LogP contribution in [0.5, 0.6) is 0 Å². The molecule has 1 heterocycles. The van der Waals surface area contributed by atoms with E-state index in [1.165, 1.54) is 4.31 Å². The number of carbonyl (C=O) groups is 1. The molecule has 1 aromatic carbocycles. The Hall–Kier alpha value is -1.40. The summed E-state index contributed by atoms with van der Waals surface area (Å²) in [5, 5.41) is 2.92. The zero-order valence-electron chi connectivity index (χ0n) is 13.7. The molecule has 0 saturated carbocycles. The van der Waals surface area contributed by atoms with E-state index in [9.17, 15) is 13.2 Å². The molecule has 23 heavy (non-hydrogen) atoms. The summed E-state index contributed by atoms with van der Waals surface area (Å²) in [6.45, 7) is 3.31. The van der Waals surface area contributed by atoms with Gasteiger partial charge in [-0.15, -0.1) is 0 Å². The number of amides is 1. The second kappa shape index (κ2) is 8.45. The molecule has 5 nitrogen and oxygen atoms in total. The molecule has 1 fully saturated rings. The van der Waals surface area contributed by atoms with Gasteiger partial charge in [-0.05, 0) is 24.8 Å². The van der Waals surface area contributed by atoms with Crippen LogP contribution in [0.4, 0.5) is 0 Å². The van der Waals surface area contributed by atoms with Gasteiger partial charge in [0.1, 0.15) is 0 Å². The minimum Gasteiger partial charge on any atom is -0.352 e. The van der Waals surface area contributed by atoms with E-state index < -0.39 is 10.0 Å². The Morgan fingerprint density at radius 2 is 2.04 bits per heavy atom. The van der Waals surface area contributed by atoms with Crippen LogP contribution in [-0.4, -0.2) is 37.5 Å². The normalized spacial score (nSPS) is 19.4. The number of hydrogen-bond acceptors (Lipinski definition) is 3. The van der Waals surface area contributed by atoms with Crippen molar-refractivity contribution >= 4 is 15.9 Å². The number of carbonyl (C=O) groups excluding carboxylic acids is 1. The highest BCUT2D eigenvalue weighted by atomic mass is 32.2. The number of nitrogens with zero attached hydrogens (tertiary/aromatic N) is 1. The molecular formula is C17H26N2O3S. The summed E-state index contributed by atoms with van der Waals surface area (Å²) < 4.78 is 26.1. The number of unbranched alkanes of at least 4 members (excludes halogenated alkanes) is 1. The summed E-state index contributed by atoms with van der Waals surface area (Å²) in [6.07, 6.45) is 3.02. The Morgan fingerprint density at radius 3 is 2.74 bits per heavy atom. The van der Waals surface area contributed by atoms with Crippen LogP contribution in [0.25, 0.3) is 0 Å². The first-order chi connectivity index (χ1) is 11.0. The molecular weight excluding hydrogens is 312 g/mol. The summed E-state index contributed by atoms with van der Waals surface area (Å²) in [5.41, 5.74) is 1.05. The van der Waals surface area contributed by atoms with Gasteiger partial charge in [-0.2, -0.15) is 0 Å². The third-order valence-electron chi connectivity index (χ3n) is 4.21. The second-order valence-electron chi connectivity index (χ2n) is 6.07. The van der Waals surface area contributed by atoms with Crippen molar-refractivity contribution in [2.24, 2.45) is 5.92 Å². The fourth-order valence-corrected chi connectivity index (χ4v) is 4.52. The van der Waals surface area contributed by atoms with Gasteiger partial charge >= 0.3 is 0 Å². The van der Waals surface area contributed by atoms with E-state index >= 15 is 0 Å². The molecule has 0 spiro atoms. The van der Waals surface area contributed by atoms with Crippen LogP contribution < -0.4 is 5.32 Å². The number of rotatable bonds is 7. The van der Waals surface area contributed by atoms with E-state index in [2.05, 4.69) is 5.32 Å². The SMILES string of the molecule is CCCCS(=O)(=O)N1CCC[C@H](C(=O)NCc2ccccc2)C1. The highest BCUT2D eigenvalue weighted by Gasteiger charge is 2.31. The Bertz CT molecular complexity index is 602. The number of benzene rings is 1. The van der Waals surface area contributed by atoms with Crippen molar-refractivity contribution in [3.8, 4) is 0 Å². The van der Waals surface area contributed by atoms with Crippen molar-refractivity contribution in [2.75, 3.05) is 18.8 Å². The fourth-order valence-electron chi connectivity index (χ4n) is 2.79. The molecule has 1 saturated heterocycles. The van der Waals surface area contributed by atoms with Gasteiger partial charge in [0.15, 0.2) is 0 Å². The van der Waals surface area contributed by atoms with Gasteiger partial charge in [-0.25, -0.2) is 12.7 Å². The standard InChI is InChI=1S/C17H26N2O3S/c1-2-3-12-23(21,22)19-11-7-10-16(14-19)17(20)18-13-15-8-5-4-6-9-15/h4-6,8-9,16H,2-3,7,10-14H2,1H3,(H,18,20)/t16-/m0/s1. The van der Waals surface area contributed by atoms with Gasteiger partial charge in [0, 0.05) is 19.6 Å². The minimum absolute atomic E-state index is 0.0516. The summed E-state index contributed by atoms with van der Waals surface area (Å²) in [6, 6.07) is 9.73. The maximum atomic E-state index is 12.3. The lowest BCUT2D eigenvalue weighted by molar-refractivity contribution is -0.126. The smallest absolute Gasteiger partial charge is 0.224 e. The Labute approximate surface area is 139 Å². The monoisotopic (exact) mass is 338 g/mol. The van der Waals surface area contributed by atoms with Crippen LogP contribution in [0.15, 0.2) is 30.3 Å². The summed E-state index contributed by atoms with van der Waals surface area (Å²) in [4.78, 5) is 12.3. The van der Waals surface area contributed by atoms with Crippen LogP contribution in [0.2, 0.25) is 0 Å². The number of hydrogen-bond donors (Lipinski definition) is 1. The molecule has 0 aromatic heterocycles. The molecule has 1 aromatic rings. The average molecular weight is 338 g/mol. The molecule has 6 heteroatoms. The molecule has 1 aliphatic heterocycles. The van der Waals surface area contributed by atoms with Crippen molar-refractivity contribution in [1.82, 2.24) is 9.62 Å². The van der Waals surface area contributed by atoms with Crippen molar-refractivity contribution in [3.63, 3.8) is 0 Å². The van der Waals surface area contributed by atoms with Gasteiger partial charge in [0.05, 0.1) is 11.7 Å². The first-order valence-electron chi connectivity index (χ1n) is 8.32. The first-order valence-corrected chi connectivity index (χ1v) is 9.93. The van der Waals surface area contributed by atoms with Gasteiger partial charge in [-0.1, -0.05) is 43.7 Å². The number of sulfonamides is 1. The average Bonchev–Trinajstić information content (AvgIpc) is 2.59. The van der Waals surface area contributed by atoms with Crippen LogP contribution in [0.3, 0.4) is 0 Å². The molecule has 1 atom stereocenters. The number of nitrogens with one attached hydrogen (secondary N) is 1. The van der Waals surface area contributed by atoms with E-state index in [1.54, 1.807) is 0 Å². The van der Waals surface area contributed by atoms with Crippen molar-refractivity contribution in [2.45, 2.75) is 39.2 Å². The third kappa shape index (κ3) is 5.32. The highest BCUT2D eigenvalue weighted by Crippen LogP contribution is 2.20. The molecule has 2 rings (SSSR count). The van der Waals surface area contributed by atoms with Gasteiger partial charge in [-0.3, -0.25) is 4.79 Å². The molecule has 0 radical (unpaired) electrons. The van der Waals surface area contributed by atoms with E-state index in [0.29, 0.717) is 26.1 Å². The van der Waals surface area contributed by atoms with E-state index in [4.69, 9.17) is 0 Å². The summed E-state index contributed by atoms with van der Waals surface area (Å²) >= 11 is 0. The topological polar surface area (TPSA) is 66.5 Å². The Balaban J connectivity index is 1.88. The molecule has 1 amide bonds.